The van der Waals surface area contributed by atoms with Crippen molar-refractivity contribution in [1.29, 1.82) is 0 Å². The number of nitrogens with one attached hydrogen (secondary N) is 1. The lowest BCUT2D eigenvalue weighted by molar-refractivity contribution is -0.205. The van der Waals surface area contributed by atoms with Gasteiger partial charge in [0, 0.05) is 12.1 Å². The fourth-order valence-corrected chi connectivity index (χ4v) is 2.57. The molecule has 3 unspecified atom stereocenters. The summed E-state index contributed by atoms with van der Waals surface area (Å²) in [6.45, 7) is 5.47. The van der Waals surface area contributed by atoms with Gasteiger partial charge >= 0.3 is 0 Å². The molecule has 0 aromatic heterocycles. The van der Waals surface area contributed by atoms with Gasteiger partial charge in [-0.1, -0.05) is 5.57 Å². The van der Waals surface area contributed by atoms with Crippen LogP contribution in [-0.4, -0.2) is 64.1 Å². The quantitative estimate of drug-likeness (QED) is 0.218. The molecule has 0 saturated heterocycles. The van der Waals surface area contributed by atoms with E-state index >= 15 is 0 Å². The molecule has 0 fully saturated rings. The number of aliphatic hydroxyl groups is 4. The van der Waals surface area contributed by atoms with Crippen LogP contribution in [0.1, 0.15) is 45.1 Å². The Morgan fingerprint density at radius 1 is 1.19 bits per heavy atom. The van der Waals surface area contributed by atoms with E-state index in [1.807, 2.05) is 6.92 Å². The van der Waals surface area contributed by atoms with Crippen LogP contribution in [0.2, 0.25) is 0 Å². The Kier molecular flexibility index (Phi) is 11.6. The van der Waals surface area contributed by atoms with Crippen LogP contribution in [0.4, 0.5) is 14.5 Å². The highest BCUT2D eigenvalue weighted by atomic mass is 19.3. The number of carbonyl (C=O) groups excluding carboxylic acids is 1. The summed E-state index contributed by atoms with van der Waals surface area (Å²) in [6.07, 6.45) is -7.13. The Bertz CT molecular complexity index is 715. The zero-order valence-electron chi connectivity index (χ0n) is 17.6. The maximum atomic E-state index is 13.6. The molecule has 0 aliphatic rings. The minimum absolute atomic E-state index is 0.139. The van der Waals surface area contributed by atoms with Crippen LogP contribution in [0.3, 0.4) is 0 Å². The number of amides is 1. The lowest BCUT2D eigenvalue weighted by Gasteiger charge is -2.29. The van der Waals surface area contributed by atoms with Gasteiger partial charge in [-0.05, 0) is 44.9 Å². The zero-order chi connectivity index (χ0) is 23.6. The van der Waals surface area contributed by atoms with Crippen molar-refractivity contribution in [2.24, 2.45) is 0 Å². The van der Waals surface area contributed by atoms with E-state index in [0.29, 0.717) is 12.8 Å². The summed E-state index contributed by atoms with van der Waals surface area (Å²) < 4.78 is 37.8. The SMILES string of the molecule is C=C(C)CCCC(=O)Nc1ccc(OC(OC(CO)C(C)O)[C@@H](O)CO)c(C(F)F)c1. The molecule has 176 valence electrons. The Labute approximate surface area is 180 Å². The number of ether oxygens (including phenoxy) is 2. The highest BCUT2D eigenvalue weighted by molar-refractivity contribution is 5.90. The lowest BCUT2D eigenvalue weighted by Crippen LogP contribution is -2.44. The smallest absolute Gasteiger partial charge is 0.267 e. The van der Waals surface area contributed by atoms with Crippen molar-refractivity contribution in [3.05, 3.63) is 35.9 Å². The number of halogens is 2. The van der Waals surface area contributed by atoms with Crippen molar-refractivity contribution < 1.29 is 43.5 Å². The Morgan fingerprint density at radius 3 is 2.39 bits per heavy atom. The van der Waals surface area contributed by atoms with Gasteiger partial charge in [-0.3, -0.25) is 4.79 Å². The molecule has 0 saturated carbocycles. The first-order chi connectivity index (χ1) is 14.6. The third-order valence-electron chi connectivity index (χ3n) is 4.31. The van der Waals surface area contributed by atoms with Gasteiger partial charge < -0.3 is 35.2 Å². The Morgan fingerprint density at radius 2 is 1.87 bits per heavy atom. The summed E-state index contributed by atoms with van der Waals surface area (Å²) >= 11 is 0. The molecule has 0 aliphatic heterocycles. The predicted octanol–water partition coefficient (Wildman–Crippen LogP) is 2.13. The number of rotatable bonds is 14. The van der Waals surface area contributed by atoms with E-state index in [1.165, 1.54) is 19.1 Å². The molecule has 0 radical (unpaired) electrons. The van der Waals surface area contributed by atoms with Gasteiger partial charge in [-0.25, -0.2) is 8.78 Å². The van der Waals surface area contributed by atoms with E-state index in [2.05, 4.69) is 11.9 Å². The topological polar surface area (TPSA) is 128 Å². The summed E-state index contributed by atoms with van der Waals surface area (Å²) in [5, 5.41) is 40.5. The van der Waals surface area contributed by atoms with Gasteiger partial charge in [0.05, 0.1) is 24.9 Å². The molecule has 0 aliphatic carbocycles. The number of hydrogen-bond donors (Lipinski definition) is 5. The van der Waals surface area contributed by atoms with Gasteiger partial charge in [0.15, 0.2) is 0 Å². The molecule has 10 heteroatoms. The van der Waals surface area contributed by atoms with E-state index < -0.39 is 49.8 Å². The van der Waals surface area contributed by atoms with Crippen LogP contribution < -0.4 is 10.1 Å². The van der Waals surface area contributed by atoms with Crippen molar-refractivity contribution in [3.8, 4) is 5.75 Å². The Hall–Kier alpha value is -2.11. The molecule has 1 amide bonds. The maximum Gasteiger partial charge on any atom is 0.267 e. The van der Waals surface area contributed by atoms with Gasteiger partial charge in [-0.15, -0.1) is 6.58 Å². The van der Waals surface area contributed by atoms with Crippen LogP contribution in [0, 0.1) is 0 Å². The third-order valence-corrected chi connectivity index (χ3v) is 4.31. The number of anilines is 1. The Balaban J connectivity index is 2.99. The number of aliphatic hydroxyl groups excluding tert-OH is 4. The molecular formula is C21H31F2NO7. The van der Waals surface area contributed by atoms with Crippen molar-refractivity contribution in [2.45, 2.75) is 64.1 Å². The normalized spacial score (nSPS) is 15.3. The second kappa shape index (κ2) is 13.3. The van der Waals surface area contributed by atoms with Crippen molar-refractivity contribution in [2.75, 3.05) is 18.5 Å². The maximum absolute atomic E-state index is 13.6. The van der Waals surface area contributed by atoms with Gasteiger partial charge in [0.2, 0.25) is 12.2 Å². The highest BCUT2D eigenvalue weighted by Gasteiger charge is 2.29. The van der Waals surface area contributed by atoms with Crippen molar-refractivity contribution >= 4 is 11.6 Å². The van der Waals surface area contributed by atoms with Gasteiger partial charge in [0.1, 0.15) is 18.0 Å². The minimum atomic E-state index is -2.98. The van der Waals surface area contributed by atoms with Crippen LogP contribution in [-0.2, 0) is 9.53 Å². The third kappa shape index (κ3) is 9.28. The molecule has 8 nitrogen and oxygen atoms in total. The number of alkyl halides is 2. The summed E-state index contributed by atoms with van der Waals surface area (Å²) in [7, 11) is 0. The van der Waals surface area contributed by atoms with E-state index in [9.17, 15) is 34.0 Å². The number of allylic oxidation sites excluding steroid dienone is 1. The molecule has 0 spiro atoms. The first kappa shape index (κ1) is 26.9. The van der Waals surface area contributed by atoms with Gasteiger partial charge in [0.25, 0.3) is 6.43 Å². The second-order valence-corrected chi connectivity index (χ2v) is 7.25. The van der Waals surface area contributed by atoms with Crippen LogP contribution in [0.5, 0.6) is 5.75 Å². The fraction of sp³-hybridized carbons (Fsp3) is 0.571. The largest absolute Gasteiger partial charge is 0.461 e. The average molecular weight is 447 g/mol. The number of carbonyl (C=O) groups is 1. The molecule has 0 heterocycles. The minimum Gasteiger partial charge on any atom is -0.461 e. The molecule has 4 atom stereocenters. The van der Waals surface area contributed by atoms with Crippen molar-refractivity contribution in [3.63, 3.8) is 0 Å². The summed E-state index contributed by atoms with van der Waals surface area (Å²) in [5.74, 6) is -0.690. The number of hydrogen-bond acceptors (Lipinski definition) is 7. The van der Waals surface area contributed by atoms with Gasteiger partial charge in [-0.2, -0.15) is 0 Å². The van der Waals surface area contributed by atoms with E-state index in [0.717, 1.165) is 11.6 Å². The van der Waals surface area contributed by atoms with Crippen LogP contribution in [0.25, 0.3) is 0 Å². The fourth-order valence-electron chi connectivity index (χ4n) is 2.57. The standard InChI is InChI=1S/C21H31F2NO7/c1-12(2)5-4-6-19(29)24-14-7-8-17(15(9-14)20(22)23)30-21(16(28)10-25)31-18(11-26)13(3)27/h7-9,13,16,18,20-21,25-28H,1,4-6,10-11H2,2-3H3,(H,24,29)/t13?,16-,18?,21?/m0/s1. The summed E-state index contributed by atoms with van der Waals surface area (Å²) in [4.78, 5) is 12.0. The first-order valence-electron chi connectivity index (χ1n) is 9.85. The molecule has 1 aromatic rings. The van der Waals surface area contributed by atoms with Crippen LogP contribution >= 0.6 is 0 Å². The second-order valence-electron chi connectivity index (χ2n) is 7.25. The average Bonchev–Trinajstić information content (AvgIpc) is 2.70. The molecule has 0 bridgehead atoms. The van der Waals surface area contributed by atoms with E-state index in [-0.39, 0.29) is 23.8 Å². The first-order valence-corrected chi connectivity index (χ1v) is 9.85. The summed E-state index contributed by atoms with van der Waals surface area (Å²) in [5.41, 5.74) is 0.506. The predicted molar refractivity (Wildman–Crippen MR) is 110 cm³/mol. The molecule has 1 aromatic carbocycles. The molecular weight excluding hydrogens is 416 g/mol. The monoisotopic (exact) mass is 447 g/mol. The molecule has 1 rings (SSSR count). The van der Waals surface area contributed by atoms with Crippen LogP contribution in [0.15, 0.2) is 30.4 Å². The molecule has 5 N–H and O–H groups in total. The van der Waals surface area contributed by atoms with Crippen molar-refractivity contribution in [1.82, 2.24) is 0 Å². The number of benzene rings is 1. The molecule has 31 heavy (non-hydrogen) atoms. The highest BCUT2D eigenvalue weighted by Crippen LogP contribution is 2.33. The lowest BCUT2D eigenvalue weighted by atomic mass is 10.1. The zero-order valence-corrected chi connectivity index (χ0v) is 17.6. The van der Waals surface area contributed by atoms with E-state index in [4.69, 9.17) is 9.47 Å². The summed E-state index contributed by atoms with van der Waals surface area (Å²) in [6, 6.07) is 3.55. The van der Waals surface area contributed by atoms with E-state index in [1.54, 1.807) is 0 Å².